The van der Waals surface area contributed by atoms with Gasteiger partial charge in [-0.3, -0.25) is 4.79 Å². The number of halogens is 2. The number of Topliss-reactive ketones (excluding diaryl/α,β-unsaturated/α-hetero) is 1. The minimum Gasteiger partial charge on any atom is -0.300 e. The molecule has 2 aromatic rings. The lowest BCUT2D eigenvalue weighted by molar-refractivity contribution is -0.116. The van der Waals surface area contributed by atoms with Crippen LogP contribution in [0.15, 0.2) is 65.7 Å². The summed E-state index contributed by atoms with van der Waals surface area (Å²) in [4.78, 5) is 10.7. The highest BCUT2D eigenvalue weighted by Crippen LogP contribution is 2.35. The smallest absolute Gasteiger partial charge is 0.133 e. The van der Waals surface area contributed by atoms with E-state index < -0.39 is 0 Å². The third-order valence-electron chi connectivity index (χ3n) is 4.34. The summed E-state index contributed by atoms with van der Waals surface area (Å²) in [5.41, 5.74) is 4.11. The van der Waals surface area contributed by atoms with Crippen LogP contribution in [0.2, 0.25) is 5.02 Å². The van der Waals surface area contributed by atoms with E-state index in [-0.39, 0.29) is 5.82 Å². The van der Waals surface area contributed by atoms with Gasteiger partial charge < -0.3 is 0 Å². The maximum atomic E-state index is 11.9. The molecule has 1 aliphatic rings. The second-order valence-electron chi connectivity index (χ2n) is 7.26. The number of rotatable bonds is 3. The van der Waals surface area contributed by atoms with Gasteiger partial charge in [-0.15, -0.1) is 0 Å². The summed E-state index contributed by atoms with van der Waals surface area (Å²) >= 11 is 5.72. The maximum Gasteiger partial charge on any atom is 0.133 e. The van der Waals surface area contributed by atoms with E-state index in [9.17, 15) is 9.18 Å². The Hall–Kier alpha value is -1.93. The Bertz CT molecular complexity index is 738. The van der Waals surface area contributed by atoms with Crippen molar-refractivity contribution in [2.45, 2.75) is 81.1 Å². The van der Waals surface area contributed by atoms with Crippen LogP contribution in [0.1, 0.15) is 80.2 Å². The van der Waals surface area contributed by atoms with Crippen LogP contribution in [-0.4, -0.2) is 5.78 Å². The van der Waals surface area contributed by atoms with Crippen LogP contribution in [0.4, 0.5) is 4.39 Å². The molecule has 0 amide bonds. The van der Waals surface area contributed by atoms with E-state index >= 15 is 0 Å². The quantitative estimate of drug-likeness (QED) is 0.427. The van der Waals surface area contributed by atoms with Crippen molar-refractivity contribution in [3.05, 3.63) is 82.1 Å². The van der Waals surface area contributed by atoms with Crippen LogP contribution >= 0.6 is 11.6 Å². The molecular weight excluding hydrogens is 407 g/mol. The lowest BCUT2D eigenvalue weighted by atomic mass is 9.78. The van der Waals surface area contributed by atoms with Crippen molar-refractivity contribution in [3.8, 4) is 0 Å². The van der Waals surface area contributed by atoms with Crippen molar-refractivity contribution < 1.29 is 9.18 Å². The Morgan fingerprint density at radius 3 is 1.87 bits per heavy atom. The molecular formula is C28H42ClFO. The van der Waals surface area contributed by atoms with E-state index in [0.717, 1.165) is 23.8 Å². The number of hydrogen-bond donors (Lipinski definition) is 0. The van der Waals surface area contributed by atoms with E-state index in [0.29, 0.717) is 12.2 Å². The highest BCUT2D eigenvalue weighted by atomic mass is 35.5. The Balaban J connectivity index is 0. The van der Waals surface area contributed by atoms with Gasteiger partial charge in [0, 0.05) is 11.4 Å². The van der Waals surface area contributed by atoms with Crippen LogP contribution in [0.25, 0.3) is 0 Å². The van der Waals surface area contributed by atoms with Gasteiger partial charge in [0.25, 0.3) is 0 Å². The van der Waals surface area contributed by atoms with Crippen molar-refractivity contribution in [1.82, 2.24) is 0 Å². The number of carbonyl (C=O) groups excluding carboxylic acids is 1. The Labute approximate surface area is 195 Å². The first-order valence-electron chi connectivity index (χ1n) is 11.4. The van der Waals surface area contributed by atoms with Gasteiger partial charge in [0.1, 0.15) is 11.6 Å². The molecule has 0 aromatic heterocycles. The number of aryl methyl sites for hydroxylation is 1. The topological polar surface area (TPSA) is 17.1 Å². The lowest BCUT2D eigenvalue weighted by Crippen LogP contribution is -2.14. The number of ketones is 1. The van der Waals surface area contributed by atoms with Crippen molar-refractivity contribution in [1.29, 1.82) is 0 Å². The second kappa shape index (κ2) is 20.0. The molecule has 0 heterocycles. The van der Waals surface area contributed by atoms with E-state index in [4.69, 9.17) is 11.6 Å². The van der Waals surface area contributed by atoms with E-state index in [1.54, 1.807) is 25.1 Å². The standard InChI is InChI=1S/C9H14O.C8H9Cl.C6H5F.C3H8.C2H6/c1-6-4-9(8(6)3)5-7(2)10;1-2-7-4-3-5-8(9)6-7;7-6-4-2-1-3-5-6;1-3-2;1-2/h6H,4-5H2,1-3H3;3-6H,2H2,1H3;1-5H;3H2,1-2H3;1-2H3. The summed E-state index contributed by atoms with van der Waals surface area (Å²) in [5, 5.41) is 0.828. The molecule has 3 rings (SSSR count). The predicted octanol–water partition coefficient (Wildman–Crippen LogP) is 9.49. The van der Waals surface area contributed by atoms with Crippen molar-refractivity contribution in [3.63, 3.8) is 0 Å². The van der Waals surface area contributed by atoms with Crippen LogP contribution < -0.4 is 0 Å². The normalized spacial score (nSPS) is 13.4. The minimum atomic E-state index is -0.178. The van der Waals surface area contributed by atoms with Crippen LogP contribution in [0.3, 0.4) is 0 Å². The Morgan fingerprint density at radius 2 is 1.58 bits per heavy atom. The number of hydrogen-bond acceptors (Lipinski definition) is 1. The largest absolute Gasteiger partial charge is 0.300 e. The van der Waals surface area contributed by atoms with Crippen molar-refractivity contribution in [2.75, 3.05) is 0 Å². The Kier molecular flexibility index (Phi) is 20.2. The number of allylic oxidation sites excluding steroid dienone is 2. The first-order chi connectivity index (χ1) is 14.7. The molecule has 2 aromatic carbocycles. The average molecular weight is 449 g/mol. The molecule has 0 bridgehead atoms. The molecule has 0 saturated heterocycles. The van der Waals surface area contributed by atoms with E-state index in [1.165, 1.54) is 35.3 Å². The van der Waals surface area contributed by atoms with Gasteiger partial charge in [-0.25, -0.2) is 4.39 Å². The SMILES string of the molecule is CC.CC(=O)CC1=C(C)C(C)C1.CCC.CCc1cccc(Cl)c1.Fc1ccccc1. The third-order valence-corrected chi connectivity index (χ3v) is 4.58. The zero-order chi connectivity index (χ0) is 24.2. The van der Waals surface area contributed by atoms with Gasteiger partial charge in [-0.2, -0.15) is 0 Å². The van der Waals surface area contributed by atoms with Gasteiger partial charge >= 0.3 is 0 Å². The molecule has 0 aliphatic heterocycles. The average Bonchev–Trinajstić information content (AvgIpc) is 2.76. The molecule has 0 N–H and O–H groups in total. The van der Waals surface area contributed by atoms with Crippen LogP contribution in [0, 0.1) is 11.7 Å². The first-order valence-corrected chi connectivity index (χ1v) is 11.8. The fourth-order valence-corrected chi connectivity index (χ4v) is 2.80. The highest BCUT2D eigenvalue weighted by Gasteiger charge is 2.21. The van der Waals surface area contributed by atoms with Crippen LogP contribution in [0.5, 0.6) is 0 Å². The molecule has 0 saturated carbocycles. The zero-order valence-electron chi connectivity index (χ0n) is 20.8. The van der Waals surface area contributed by atoms with Gasteiger partial charge in [0.2, 0.25) is 0 Å². The van der Waals surface area contributed by atoms with Gasteiger partial charge in [-0.1, -0.05) is 101 Å². The van der Waals surface area contributed by atoms with Crippen molar-refractivity contribution in [2.24, 2.45) is 5.92 Å². The fourth-order valence-electron chi connectivity index (χ4n) is 2.58. The predicted molar refractivity (Wildman–Crippen MR) is 136 cm³/mol. The van der Waals surface area contributed by atoms with Gasteiger partial charge in [0.05, 0.1) is 0 Å². The molecule has 1 atom stereocenters. The number of carbonyl (C=O) groups is 1. The summed E-state index contributed by atoms with van der Waals surface area (Å²) in [6, 6.07) is 15.9. The molecule has 3 heteroatoms. The lowest BCUT2D eigenvalue weighted by Gasteiger charge is -2.27. The molecule has 1 unspecified atom stereocenters. The fraction of sp³-hybridized carbons (Fsp3) is 0.464. The molecule has 174 valence electrons. The zero-order valence-corrected chi connectivity index (χ0v) is 21.5. The van der Waals surface area contributed by atoms with E-state index in [2.05, 4.69) is 40.7 Å². The summed E-state index contributed by atoms with van der Waals surface area (Å²) in [7, 11) is 0. The van der Waals surface area contributed by atoms with E-state index in [1.807, 2.05) is 32.0 Å². The summed E-state index contributed by atoms with van der Waals surface area (Å²) < 4.78 is 11.9. The maximum absolute atomic E-state index is 11.9. The van der Waals surface area contributed by atoms with Crippen molar-refractivity contribution >= 4 is 17.4 Å². The molecule has 31 heavy (non-hydrogen) atoms. The van der Waals surface area contributed by atoms with Gasteiger partial charge in [0.15, 0.2) is 0 Å². The molecule has 1 aliphatic carbocycles. The van der Waals surface area contributed by atoms with Crippen LogP contribution in [-0.2, 0) is 11.2 Å². The highest BCUT2D eigenvalue weighted by molar-refractivity contribution is 6.30. The third kappa shape index (κ3) is 16.4. The molecule has 0 spiro atoms. The molecule has 1 nitrogen and oxygen atoms in total. The summed E-state index contributed by atoms with van der Waals surface area (Å²) in [5.74, 6) is 0.845. The monoisotopic (exact) mass is 448 g/mol. The first kappa shape index (κ1) is 31.3. The molecule has 0 radical (unpaired) electrons. The second-order valence-corrected chi connectivity index (χ2v) is 7.69. The van der Waals surface area contributed by atoms with Gasteiger partial charge in [-0.05, 0) is 62.4 Å². The minimum absolute atomic E-state index is 0.178. The summed E-state index contributed by atoms with van der Waals surface area (Å²) in [6.07, 6.45) is 4.14. The summed E-state index contributed by atoms with van der Waals surface area (Å²) in [6.45, 7) is 16.4. The number of benzene rings is 2. The Morgan fingerprint density at radius 1 is 1.03 bits per heavy atom. The molecule has 0 fully saturated rings.